The quantitative estimate of drug-likeness (QED) is 0.695. The van der Waals surface area contributed by atoms with Crippen LogP contribution in [0.4, 0.5) is 0 Å². The van der Waals surface area contributed by atoms with Crippen molar-refractivity contribution in [2.45, 2.75) is 78.3 Å². The van der Waals surface area contributed by atoms with Gasteiger partial charge < -0.3 is 9.80 Å². The second kappa shape index (κ2) is 10.4. The van der Waals surface area contributed by atoms with Gasteiger partial charge in [0.05, 0.1) is 0 Å². The molecule has 0 N–H and O–H groups in total. The van der Waals surface area contributed by atoms with Crippen molar-refractivity contribution in [2.24, 2.45) is 0 Å². The third-order valence-electron chi connectivity index (χ3n) is 4.43. The lowest BCUT2D eigenvalue weighted by Gasteiger charge is -2.23. The minimum absolute atomic E-state index is 0.722. The van der Waals surface area contributed by atoms with Crippen molar-refractivity contribution in [3.63, 3.8) is 0 Å². The zero-order valence-electron chi connectivity index (χ0n) is 14.3. The monoisotopic (exact) mass is 280 g/mol. The summed E-state index contributed by atoms with van der Waals surface area (Å²) in [6.07, 6.45) is 12.8. The van der Waals surface area contributed by atoms with Gasteiger partial charge in [0.2, 0.25) is 0 Å². The predicted octanol–water partition coefficient (Wildman–Crippen LogP) is 4.32. The highest BCUT2D eigenvalue weighted by atomic mass is 15.1. The summed E-state index contributed by atoms with van der Waals surface area (Å²) >= 11 is 0. The molecule has 0 saturated carbocycles. The summed E-state index contributed by atoms with van der Waals surface area (Å²) in [6, 6.07) is 1.48. The van der Waals surface area contributed by atoms with Gasteiger partial charge in [0.1, 0.15) is 0 Å². The second-order valence-electron chi connectivity index (χ2n) is 6.72. The van der Waals surface area contributed by atoms with E-state index in [0.29, 0.717) is 0 Å². The van der Waals surface area contributed by atoms with E-state index in [9.17, 15) is 0 Å². The molecule has 20 heavy (non-hydrogen) atoms. The molecule has 0 aromatic carbocycles. The highest BCUT2D eigenvalue weighted by Gasteiger charge is 2.10. The molecule has 0 bridgehead atoms. The Labute approximate surface area is 127 Å². The van der Waals surface area contributed by atoms with E-state index in [-0.39, 0.29) is 0 Å². The van der Waals surface area contributed by atoms with Crippen LogP contribution >= 0.6 is 0 Å². The first-order valence-corrected chi connectivity index (χ1v) is 8.74. The lowest BCUT2D eigenvalue weighted by atomic mass is 10.2. The summed E-state index contributed by atoms with van der Waals surface area (Å²) < 4.78 is 0. The fraction of sp³-hybridized carbons (Fsp3) is 0.889. The minimum atomic E-state index is 0.722. The molecule has 2 aliphatic rings. The maximum atomic E-state index is 2.59. The van der Waals surface area contributed by atoms with E-state index in [0.717, 1.165) is 12.1 Å². The lowest BCUT2D eigenvalue weighted by Crippen LogP contribution is -2.31. The van der Waals surface area contributed by atoms with Gasteiger partial charge >= 0.3 is 0 Å². The van der Waals surface area contributed by atoms with Crippen LogP contribution in [0.3, 0.4) is 0 Å². The maximum absolute atomic E-state index is 2.59. The SMILES string of the molecule is CC(C)N1CCC=CCC1.CC(C)N1CCCCCC1. The number of hydrogen-bond acceptors (Lipinski definition) is 2. The molecule has 2 rings (SSSR count). The van der Waals surface area contributed by atoms with E-state index in [4.69, 9.17) is 0 Å². The van der Waals surface area contributed by atoms with Crippen molar-refractivity contribution in [3.8, 4) is 0 Å². The Bertz CT molecular complexity index is 234. The fourth-order valence-corrected chi connectivity index (χ4v) is 2.96. The third kappa shape index (κ3) is 7.44. The summed E-state index contributed by atoms with van der Waals surface area (Å²) in [5.74, 6) is 0. The van der Waals surface area contributed by atoms with E-state index < -0.39 is 0 Å². The lowest BCUT2D eigenvalue weighted by molar-refractivity contribution is 0.231. The van der Waals surface area contributed by atoms with Gasteiger partial charge in [-0.3, -0.25) is 0 Å². The molecular weight excluding hydrogens is 244 g/mol. The average molecular weight is 280 g/mol. The van der Waals surface area contributed by atoms with Gasteiger partial charge in [-0.1, -0.05) is 25.0 Å². The Morgan fingerprint density at radius 2 is 1.00 bits per heavy atom. The fourth-order valence-electron chi connectivity index (χ4n) is 2.96. The highest BCUT2D eigenvalue weighted by Crippen LogP contribution is 2.11. The molecule has 0 atom stereocenters. The first-order valence-electron chi connectivity index (χ1n) is 8.74. The molecule has 2 heterocycles. The smallest absolute Gasteiger partial charge is 0.00388 e. The Hall–Kier alpha value is -0.340. The van der Waals surface area contributed by atoms with Crippen LogP contribution in [0.1, 0.15) is 66.2 Å². The van der Waals surface area contributed by atoms with Gasteiger partial charge in [-0.25, -0.2) is 0 Å². The van der Waals surface area contributed by atoms with Crippen molar-refractivity contribution in [3.05, 3.63) is 12.2 Å². The summed E-state index contributed by atoms with van der Waals surface area (Å²) in [6.45, 7) is 14.3. The molecule has 0 aromatic heterocycles. The molecule has 2 aliphatic heterocycles. The van der Waals surface area contributed by atoms with E-state index >= 15 is 0 Å². The molecular formula is C18H36N2. The molecule has 0 amide bonds. The van der Waals surface area contributed by atoms with Gasteiger partial charge in [0.15, 0.2) is 0 Å². The zero-order valence-corrected chi connectivity index (χ0v) is 14.3. The van der Waals surface area contributed by atoms with Gasteiger partial charge in [-0.2, -0.15) is 0 Å². The molecule has 0 radical (unpaired) electrons. The van der Waals surface area contributed by atoms with Crippen molar-refractivity contribution < 1.29 is 0 Å². The van der Waals surface area contributed by atoms with Crippen molar-refractivity contribution in [2.75, 3.05) is 26.2 Å². The molecule has 0 aromatic rings. The van der Waals surface area contributed by atoms with E-state index in [1.807, 2.05) is 0 Å². The average Bonchev–Trinajstić information content (AvgIpc) is 2.84. The Balaban J connectivity index is 0.000000200. The van der Waals surface area contributed by atoms with Crippen molar-refractivity contribution in [1.29, 1.82) is 0 Å². The highest BCUT2D eigenvalue weighted by molar-refractivity contribution is 4.87. The van der Waals surface area contributed by atoms with Crippen LogP contribution in [0.15, 0.2) is 12.2 Å². The van der Waals surface area contributed by atoms with Gasteiger partial charge in [-0.15, -0.1) is 0 Å². The van der Waals surface area contributed by atoms with Gasteiger partial charge in [-0.05, 0) is 66.5 Å². The summed E-state index contributed by atoms with van der Waals surface area (Å²) in [4.78, 5) is 5.12. The molecule has 0 unspecified atom stereocenters. The van der Waals surface area contributed by atoms with E-state index in [1.165, 1.54) is 64.7 Å². The number of rotatable bonds is 2. The van der Waals surface area contributed by atoms with Crippen LogP contribution in [0.25, 0.3) is 0 Å². The molecule has 0 spiro atoms. The zero-order chi connectivity index (χ0) is 14.8. The van der Waals surface area contributed by atoms with Crippen LogP contribution < -0.4 is 0 Å². The standard InChI is InChI=1S/C9H19N.C9H17N/c2*1-9(2)10-7-5-3-4-6-8-10/h9H,3-8H2,1-2H3;3-4,9H,5-8H2,1-2H3. The molecule has 118 valence electrons. The Kier molecular flexibility index (Phi) is 9.21. The number of nitrogens with zero attached hydrogens (tertiary/aromatic N) is 2. The van der Waals surface area contributed by atoms with Crippen LogP contribution in [-0.4, -0.2) is 48.1 Å². The number of hydrogen-bond donors (Lipinski definition) is 0. The minimum Gasteiger partial charge on any atom is -0.301 e. The topological polar surface area (TPSA) is 6.48 Å². The summed E-state index contributed by atoms with van der Waals surface area (Å²) in [5.41, 5.74) is 0. The normalized spacial score (nSPS) is 22.3. The first kappa shape index (κ1) is 17.7. The van der Waals surface area contributed by atoms with Crippen molar-refractivity contribution in [1.82, 2.24) is 9.80 Å². The third-order valence-corrected chi connectivity index (χ3v) is 4.43. The molecule has 1 saturated heterocycles. The predicted molar refractivity (Wildman–Crippen MR) is 90.3 cm³/mol. The maximum Gasteiger partial charge on any atom is 0.00388 e. The van der Waals surface area contributed by atoms with Crippen LogP contribution in [0.5, 0.6) is 0 Å². The Morgan fingerprint density at radius 1 is 0.600 bits per heavy atom. The van der Waals surface area contributed by atoms with E-state index in [2.05, 4.69) is 49.6 Å². The van der Waals surface area contributed by atoms with Gasteiger partial charge in [0, 0.05) is 25.2 Å². The van der Waals surface area contributed by atoms with Crippen molar-refractivity contribution >= 4 is 0 Å². The van der Waals surface area contributed by atoms with Crippen LogP contribution in [0, 0.1) is 0 Å². The van der Waals surface area contributed by atoms with Gasteiger partial charge in [0.25, 0.3) is 0 Å². The number of likely N-dealkylation sites (tertiary alicyclic amines) is 1. The summed E-state index contributed by atoms with van der Waals surface area (Å²) in [5, 5.41) is 0. The molecule has 0 aliphatic carbocycles. The van der Waals surface area contributed by atoms with Crippen LogP contribution in [-0.2, 0) is 0 Å². The van der Waals surface area contributed by atoms with Crippen LogP contribution in [0.2, 0.25) is 0 Å². The largest absolute Gasteiger partial charge is 0.301 e. The molecule has 2 nitrogen and oxygen atoms in total. The van der Waals surface area contributed by atoms with E-state index in [1.54, 1.807) is 0 Å². The molecule has 1 fully saturated rings. The summed E-state index contributed by atoms with van der Waals surface area (Å²) in [7, 11) is 0. The Morgan fingerprint density at radius 3 is 1.40 bits per heavy atom. The molecule has 2 heteroatoms. The second-order valence-corrected chi connectivity index (χ2v) is 6.72. The first-order chi connectivity index (χ1) is 9.61.